The van der Waals surface area contributed by atoms with Crippen LogP contribution in [-0.2, 0) is 11.8 Å². The number of aryl methyl sites for hydroxylation is 1. The Bertz CT molecular complexity index is 849. The summed E-state index contributed by atoms with van der Waals surface area (Å²) in [5.74, 6) is -0.740. The molecule has 0 unspecified atom stereocenters. The number of alkyl halides is 3. The number of halogens is 4. The molecule has 1 fully saturated rings. The number of nitrogens with zero attached hydrogens (tertiary/aromatic N) is 2. The minimum absolute atomic E-state index is 0.0207. The highest BCUT2D eigenvalue weighted by molar-refractivity contribution is 5.92. The van der Waals surface area contributed by atoms with Crippen molar-refractivity contribution in [2.45, 2.75) is 45.2 Å². The topological polar surface area (TPSA) is 46.9 Å². The monoisotopic (exact) mass is 383 g/mol. The van der Waals surface area contributed by atoms with E-state index < -0.39 is 23.9 Å². The highest BCUT2D eigenvalue weighted by Crippen LogP contribution is 2.60. The number of benzene rings is 1. The Balaban J connectivity index is 1.89. The molecule has 1 N–H and O–H groups in total. The Hall–Kier alpha value is -2.38. The van der Waals surface area contributed by atoms with E-state index in [2.05, 4.69) is 10.4 Å². The number of nitrogens with one attached hydrogen (secondary N) is 1. The maximum absolute atomic E-state index is 13.2. The summed E-state index contributed by atoms with van der Waals surface area (Å²) in [6, 6.07) is 5.79. The molecule has 0 saturated heterocycles. The van der Waals surface area contributed by atoms with E-state index in [1.54, 1.807) is 19.2 Å². The Kier molecular flexibility index (Phi) is 4.78. The van der Waals surface area contributed by atoms with Crippen LogP contribution in [0.1, 0.15) is 44.6 Å². The molecule has 1 amide bonds. The van der Waals surface area contributed by atoms with Crippen molar-refractivity contribution in [1.29, 1.82) is 0 Å². The van der Waals surface area contributed by atoms with Crippen molar-refractivity contribution >= 4 is 11.7 Å². The van der Waals surface area contributed by atoms with Crippen LogP contribution in [0.15, 0.2) is 24.3 Å². The molecule has 0 radical (unpaired) electrons. The number of carbonyl (C=O) groups excluding carboxylic acids is 1. The fourth-order valence-electron chi connectivity index (χ4n) is 3.25. The van der Waals surface area contributed by atoms with Gasteiger partial charge in [-0.1, -0.05) is 13.8 Å². The molecule has 1 aromatic carbocycles. The van der Waals surface area contributed by atoms with Gasteiger partial charge in [-0.25, -0.2) is 4.39 Å². The van der Waals surface area contributed by atoms with Gasteiger partial charge in [-0.3, -0.25) is 9.48 Å². The van der Waals surface area contributed by atoms with Crippen LogP contribution in [0.3, 0.4) is 0 Å². The molecule has 146 valence electrons. The fraction of sp³-hybridized carbons (Fsp3) is 0.474. The highest BCUT2D eigenvalue weighted by atomic mass is 19.4. The summed E-state index contributed by atoms with van der Waals surface area (Å²) in [6.07, 6.45) is -5.01. The van der Waals surface area contributed by atoms with Crippen molar-refractivity contribution in [3.05, 3.63) is 35.6 Å². The molecular weight excluding hydrogens is 362 g/mol. The van der Waals surface area contributed by atoms with Gasteiger partial charge in [0.2, 0.25) is 5.91 Å². The van der Waals surface area contributed by atoms with E-state index in [4.69, 9.17) is 0 Å². The number of amides is 1. The van der Waals surface area contributed by atoms with Gasteiger partial charge < -0.3 is 5.32 Å². The van der Waals surface area contributed by atoms with Crippen LogP contribution in [0, 0.1) is 11.2 Å². The van der Waals surface area contributed by atoms with Gasteiger partial charge in [-0.2, -0.15) is 18.3 Å². The van der Waals surface area contributed by atoms with E-state index >= 15 is 0 Å². The van der Waals surface area contributed by atoms with E-state index in [9.17, 15) is 22.4 Å². The molecule has 27 heavy (non-hydrogen) atoms. The zero-order chi connectivity index (χ0) is 20.0. The van der Waals surface area contributed by atoms with Crippen molar-refractivity contribution in [2.24, 2.45) is 12.5 Å². The number of carbonyl (C=O) groups is 1. The van der Waals surface area contributed by atoms with Crippen LogP contribution in [0.4, 0.5) is 23.4 Å². The minimum atomic E-state index is -4.38. The maximum atomic E-state index is 13.2. The third kappa shape index (κ3) is 3.70. The van der Waals surface area contributed by atoms with Gasteiger partial charge in [0.05, 0.1) is 11.1 Å². The summed E-state index contributed by atoms with van der Waals surface area (Å²) >= 11 is 0. The van der Waals surface area contributed by atoms with Crippen LogP contribution in [0.25, 0.3) is 11.3 Å². The van der Waals surface area contributed by atoms with Crippen molar-refractivity contribution in [1.82, 2.24) is 9.78 Å². The third-order valence-corrected chi connectivity index (χ3v) is 4.99. The van der Waals surface area contributed by atoms with Crippen LogP contribution < -0.4 is 5.32 Å². The molecule has 8 heteroatoms. The van der Waals surface area contributed by atoms with Gasteiger partial charge >= 0.3 is 6.18 Å². The molecule has 2 aromatic rings. The van der Waals surface area contributed by atoms with Crippen LogP contribution in [-0.4, -0.2) is 21.9 Å². The van der Waals surface area contributed by atoms with Crippen molar-refractivity contribution in [2.75, 3.05) is 5.32 Å². The standard InChI is InChI=1S/C19H21F4N3O/c1-11(2)15-16(12-4-6-13(20)7-5-12)25-26(3)17(15)24-14(27)10-18(8-9-18)19(21,22)23/h4-7,11H,8-10H2,1-3H3,(H,24,27). The van der Waals surface area contributed by atoms with E-state index in [-0.39, 0.29) is 24.6 Å². The smallest absolute Gasteiger partial charge is 0.311 e. The first-order valence-corrected chi connectivity index (χ1v) is 8.73. The molecule has 1 saturated carbocycles. The second-order valence-electron chi connectivity index (χ2n) is 7.40. The van der Waals surface area contributed by atoms with E-state index in [1.165, 1.54) is 16.8 Å². The van der Waals surface area contributed by atoms with Gasteiger partial charge in [-0.05, 0) is 43.0 Å². The summed E-state index contributed by atoms with van der Waals surface area (Å²) in [6.45, 7) is 3.80. The number of anilines is 1. The lowest BCUT2D eigenvalue weighted by molar-refractivity contribution is -0.189. The van der Waals surface area contributed by atoms with Crippen LogP contribution in [0.5, 0.6) is 0 Å². The highest BCUT2D eigenvalue weighted by Gasteiger charge is 2.63. The Morgan fingerprint density at radius 2 is 1.85 bits per heavy atom. The van der Waals surface area contributed by atoms with E-state index in [0.29, 0.717) is 22.6 Å². The van der Waals surface area contributed by atoms with Gasteiger partial charge in [0.25, 0.3) is 0 Å². The predicted molar refractivity (Wildman–Crippen MR) is 93.7 cm³/mol. The number of aromatic nitrogens is 2. The molecule has 1 heterocycles. The molecule has 1 aliphatic rings. The Morgan fingerprint density at radius 1 is 1.26 bits per heavy atom. The molecular formula is C19H21F4N3O. The Labute approximate surface area is 154 Å². The van der Waals surface area contributed by atoms with Gasteiger partial charge in [0, 0.05) is 24.6 Å². The van der Waals surface area contributed by atoms with E-state index in [1.807, 2.05) is 13.8 Å². The minimum Gasteiger partial charge on any atom is -0.311 e. The maximum Gasteiger partial charge on any atom is 0.395 e. The first-order chi connectivity index (χ1) is 12.5. The first-order valence-electron chi connectivity index (χ1n) is 8.73. The largest absolute Gasteiger partial charge is 0.395 e. The average molecular weight is 383 g/mol. The second-order valence-corrected chi connectivity index (χ2v) is 7.40. The lowest BCUT2D eigenvalue weighted by Crippen LogP contribution is -2.30. The molecule has 4 nitrogen and oxygen atoms in total. The van der Waals surface area contributed by atoms with Crippen molar-refractivity contribution in [3.63, 3.8) is 0 Å². The lowest BCUT2D eigenvalue weighted by atomic mass is 9.98. The normalized spacial score (nSPS) is 15.9. The quantitative estimate of drug-likeness (QED) is 0.737. The molecule has 3 rings (SSSR count). The van der Waals surface area contributed by atoms with Gasteiger partial charge in [0.1, 0.15) is 11.6 Å². The molecule has 1 aliphatic carbocycles. The van der Waals surface area contributed by atoms with Crippen molar-refractivity contribution in [3.8, 4) is 11.3 Å². The first kappa shape index (κ1) is 19.4. The predicted octanol–water partition coefficient (Wildman–Crippen LogP) is 5.02. The van der Waals surface area contributed by atoms with Gasteiger partial charge in [-0.15, -0.1) is 0 Å². The molecule has 0 atom stereocenters. The number of rotatable bonds is 5. The average Bonchev–Trinajstić information content (AvgIpc) is 3.27. The van der Waals surface area contributed by atoms with Crippen LogP contribution in [0.2, 0.25) is 0 Å². The molecule has 0 aliphatic heterocycles. The van der Waals surface area contributed by atoms with Crippen molar-refractivity contribution < 1.29 is 22.4 Å². The zero-order valence-corrected chi connectivity index (χ0v) is 15.3. The summed E-state index contributed by atoms with van der Waals surface area (Å²) in [5, 5.41) is 7.02. The number of hydrogen-bond acceptors (Lipinski definition) is 2. The molecule has 0 spiro atoms. The van der Waals surface area contributed by atoms with E-state index in [0.717, 1.165) is 0 Å². The SMILES string of the molecule is CC(C)c1c(-c2ccc(F)cc2)nn(C)c1NC(=O)CC1(C(F)(F)F)CC1. The summed E-state index contributed by atoms with van der Waals surface area (Å²) in [7, 11) is 1.62. The van der Waals surface area contributed by atoms with Gasteiger partial charge in [0.15, 0.2) is 0 Å². The third-order valence-electron chi connectivity index (χ3n) is 4.99. The molecule has 1 aromatic heterocycles. The number of hydrogen-bond donors (Lipinski definition) is 1. The van der Waals surface area contributed by atoms with Crippen LogP contribution >= 0.6 is 0 Å². The molecule has 0 bridgehead atoms. The Morgan fingerprint density at radius 3 is 2.33 bits per heavy atom. The summed E-state index contributed by atoms with van der Waals surface area (Å²) < 4.78 is 54.0. The summed E-state index contributed by atoms with van der Waals surface area (Å²) in [5.41, 5.74) is 0.0483. The lowest BCUT2D eigenvalue weighted by Gasteiger charge is -2.19. The zero-order valence-electron chi connectivity index (χ0n) is 15.3. The fourth-order valence-corrected chi connectivity index (χ4v) is 3.25. The summed E-state index contributed by atoms with van der Waals surface area (Å²) in [4.78, 5) is 12.3. The second kappa shape index (κ2) is 6.65.